The first-order chi connectivity index (χ1) is 27.3. The summed E-state index contributed by atoms with van der Waals surface area (Å²) in [5, 5.41) is 2.56. The van der Waals surface area contributed by atoms with Crippen LogP contribution in [-0.4, -0.2) is 64.1 Å². The quantitative estimate of drug-likeness (QED) is 0.0885. The fourth-order valence-corrected chi connectivity index (χ4v) is 17.0. The molecule has 0 bridgehead atoms. The highest BCUT2D eigenvalue weighted by molar-refractivity contribution is 6.99. The van der Waals surface area contributed by atoms with Gasteiger partial charge in [0.2, 0.25) is 0 Å². The Kier molecular flexibility index (Phi) is 17.1. The molecule has 0 radical (unpaired) electrons. The molecule has 0 amide bonds. The van der Waals surface area contributed by atoms with E-state index >= 15 is 0 Å². The zero-order valence-electron chi connectivity index (χ0n) is 38.8. The SMILES string of the molecule is CC[Si](CC)(CC)O[C@H](/C(C)=C/[C@@H](C)CO[Si](c1ccccc1)(c1ccccc1)C(C)(C)C)[C@H](CO[Si](C)(C)C(C)(C)C)[C@H]1O[C@@H](c2ccc(OC)cc2)OC[C@H]1C. The molecular formula is C49H78O6Si3. The molecule has 3 aromatic rings. The van der Waals surface area contributed by atoms with Gasteiger partial charge in [-0.2, -0.15) is 0 Å². The van der Waals surface area contributed by atoms with Gasteiger partial charge in [-0.05, 0) is 82.2 Å². The Hall–Kier alpha value is -2.35. The molecule has 1 aliphatic heterocycles. The van der Waals surface area contributed by atoms with Gasteiger partial charge in [-0.15, -0.1) is 0 Å². The Labute approximate surface area is 356 Å². The lowest BCUT2D eigenvalue weighted by atomic mass is 9.84. The standard InChI is InChI=1S/C49H78O6Si3/c1-16-57(17-2,18-3)55-46(38(5)33-37(4)34-53-58(49(10,11)12,42-25-21-19-22-26-42)43-27-23-20-24-28-43)44(36-52-56(14,15)48(7,8)9)45-39(6)35-51-47(54-45)40-29-31-41(50-13)32-30-40/h19-33,37,39,44-47H,16-18,34-36H2,1-15H3/b38-33+/t37-,39-,44-,45+,46-,47+/m1/s1. The first kappa shape index (κ1) is 48.3. The molecule has 0 unspecified atom stereocenters. The Morgan fingerprint density at radius 3 is 1.78 bits per heavy atom. The zero-order valence-corrected chi connectivity index (χ0v) is 41.8. The lowest BCUT2D eigenvalue weighted by molar-refractivity contribution is -0.257. The normalized spacial score (nSPS) is 20.4. The summed E-state index contributed by atoms with van der Waals surface area (Å²) in [6.07, 6.45) is 1.61. The van der Waals surface area contributed by atoms with Crippen LogP contribution in [0.25, 0.3) is 0 Å². The van der Waals surface area contributed by atoms with Crippen LogP contribution in [0.15, 0.2) is 96.6 Å². The maximum absolute atomic E-state index is 7.71. The van der Waals surface area contributed by atoms with E-state index in [0.29, 0.717) is 19.8 Å². The van der Waals surface area contributed by atoms with E-state index in [9.17, 15) is 0 Å². The molecule has 0 aromatic heterocycles. The minimum Gasteiger partial charge on any atom is -0.497 e. The minimum absolute atomic E-state index is 0.0497. The van der Waals surface area contributed by atoms with Gasteiger partial charge in [0.1, 0.15) is 5.75 Å². The van der Waals surface area contributed by atoms with Crippen LogP contribution in [0.4, 0.5) is 0 Å². The van der Waals surface area contributed by atoms with E-state index in [-0.39, 0.29) is 40.0 Å². The second-order valence-electron chi connectivity index (χ2n) is 19.4. The van der Waals surface area contributed by atoms with Crippen molar-refractivity contribution in [2.45, 2.75) is 143 Å². The van der Waals surface area contributed by atoms with E-state index in [1.165, 1.54) is 15.9 Å². The van der Waals surface area contributed by atoms with Crippen LogP contribution in [0.5, 0.6) is 5.75 Å². The molecule has 1 fully saturated rings. The van der Waals surface area contributed by atoms with Crippen molar-refractivity contribution in [2.24, 2.45) is 17.8 Å². The molecule has 58 heavy (non-hydrogen) atoms. The molecule has 0 aliphatic carbocycles. The Bertz CT molecular complexity index is 1650. The summed E-state index contributed by atoms with van der Waals surface area (Å²) in [7, 11) is -5.27. The van der Waals surface area contributed by atoms with E-state index in [1.54, 1.807) is 7.11 Å². The first-order valence-electron chi connectivity index (χ1n) is 21.9. The zero-order chi connectivity index (χ0) is 42.9. The van der Waals surface area contributed by atoms with Gasteiger partial charge in [0.25, 0.3) is 8.32 Å². The van der Waals surface area contributed by atoms with Gasteiger partial charge in [0.15, 0.2) is 22.9 Å². The lowest BCUT2D eigenvalue weighted by Crippen LogP contribution is -2.66. The maximum atomic E-state index is 7.71. The summed E-state index contributed by atoms with van der Waals surface area (Å²) in [5.41, 5.74) is 2.22. The van der Waals surface area contributed by atoms with Crippen LogP contribution in [0.1, 0.15) is 94.9 Å². The molecular weight excluding hydrogens is 769 g/mol. The van der Waals surface area contributed by atoms with Crippen LogP contribution in [0, 0.1) is 17.8 Å². The van der Waals surface area contributed by atoms with Crippen molar-refractivity contribution in [3.8, 4) is 5.75 Å². The summed E-state index contributed by atoms with van der Waals surface area (Å²) >= 11 is 0. The topological polar surface area (TPSA) is 55.4 Å². The largest absolute Gasteiger partial charge is 0.497 e. The van der Waals surface area contributed by atoms with Gasteiger partial charge < -0.3 is 27.5 Å². The van der Waals surface area contributed by atoms with Gasteiger partial charge in [0.05, 0.1) is 25.9 Å². The highest BCUT2D eigenvalue weighted by Gasteiger charge is 2.51. The van der Waals surface area contributed by atoms with Gasteiger partial charge in [-0.1, -0.05) is 155 Å². The van der Waals surface area contributed by atoms with Crippen LogP contribution >= 0.6 is 0 Å². The molecule has 1 aliphatic rings. The Morgan fingerprint density at radius 2 is 1.31 bits per heavy atom. The van der Waals surface area contributed by atoms with E-state index in [0.717, 1.165) is 29.4 Å². The fraction of sp³-hybridized carbons (Fsp3) is 0.592. The molecule has 4 rings (SSSR count). The van der Waals surface area contributed by atoms with Crippen LogP contribution in [-0.2, 0) is 22.8 Å². The van der Waals surface area contributed by atoms with Gasteiger partial charge in [-0.3, -0.25) is 0 Å². The van der Waals surface area contributed by atoms with E-state index in [4.69, 9.17) is 27.5 Å². The molecule has 1 saturated heterocycles. The van der Waals surface area contributed by atoms with Crippen molar-refractivity contribution in [1.29, 1.82) is 0 Å². The van der Waals surface area contributed by atoms with Gasteiger partial charge >= 0.3 is 0 Å². The van der Waals surface area contributed by atoms with Crippen molar-refractivity contribution in [3.63, 3.8) is 0 Å². The average molecular weight is 847 g/mol. The summed E-state index contributed by atoms with van der Waals surface area (Å²) in [5.74, 6) is 1.03. The third-order valence-corrected chi connectivity index (χ3v) is 27.4. The highest BCUT2D eigenvalue weighted by atomic mass is 28.4. The molecule has 9 heteroatoms. The van der Waals surface area contributed by atoms with E-state index in [2.05, 4.69) is 163 Å². The molecule has 0 saturated carbocycles. The highest BCUT2D eigenvalue weighted by Crippen LogP contribution is 2.42. The summed E-state index contributed by atoms with van der Waals surface area (Å²) in [4.78, 5) is 0. The van der Waals surface area contributed by atoms with Crippen molar-refractivity contribution >= 4 is 35.3 Å². The third kappa shape index (κ3) is 11.3. The fourth-order valence-electron chi connectivity index (χ4n) is 8.38. The average Bonchev–Trinajstić information content (AvgIpc) is 3.20. The second kappa shape index (κ2) is 20.5. The molecule has 3 aromatic carbocycles. The predicted octanol–water partition coefficient (Wildman–Crippen LogP) is 11.9. The van der Waals surface area contributed by atoms with E-state index in [1.807, 2.05) is 24.3 Å². The number of hydrogen-bond donors (Lipinski definition) is 0. The summed E-state index contributed by atoms with van der Waals surface area (Å²) in [6.45, 7) is 34.3. The summed E-state index contributed by atoms with van der Waals surface area (Å²) < 4.78 is 41.4. The number of rotatable bonds is 19. The number of methoxy groups -OCH3 is 1. The molecule has 6 atom stereocenters. The van der Waals surface area contributed by atoms with Crippen molar-refractivity contribution in [3.05, 3.63) is 102 Å². The monoisotopic (exact) mass is 847 g/mol. The Morgan fingerprint density at radius 1 is 0.776 bits per heavy atom. The molecule has 0 spiro atoms. The van der Waals surface area contributed by atoms with Gasteiger partial charge in [-0.25, -0.2) is 0 Å². The summed E-state index contributed by atoms with van der Waals surface area (Å²) in [6, 6.07) is 33.1. The minimum atomic E-state index is -2.71. The van der Waals surface area contributed by atoms with E-state index < -0.39 is 31.2 Å². The number of benzene rings is 3. The molecule has 1 heterocycles. The van der Waals surface area contributed by atoms with Crippen LogP contribution in [0.3, 0.4) is 0 Å². The predicted molar refractivity (Wildman–Crippen MR) is 251 cm³/mol. The molecule has 6 nitrogen and oxygen atoms in total. The van der Waals surface area contributed by atoms with Crippen molar-refractivity contribution in [2.75, 3.05) is 26.9 Å². The molecule has 322 valence electrons. The second-order valence-corrected chi connectivity index (χ2v) is 33.2. The van der Waals surface area contributed by atoms with Crippen molar-refractivity contribution < 1.29 is 27.5 Å². The van der Waals surface area contributed by atoms with Crippen LogP contribution < -0.4 is 15.1 Å². The van der Waals surface area contributed by atoms with Gasteiger partial charge in [0, 0.05) is 30.6 Å². The van der Waals surface area contributed by atoms with Crippen LogP contribution in [0.2, 0.25) is 41.3 Å². The smallest absolute Gasteiger partial charge is 0.261 e. The third-order valence-electron chi connectivity index (χ3n) is 13.3. The Balaban J connectivity index is 1.80. The van der Waals surface area contributed by atoms with Crippen molar-refractivity contribution in [1.82, 2.24) is 0 Å². The number of ether oxygens (including phenoxy) is 3. The maximum Gasteiger partial charge on any atom is 0.261 e. The first-order valence-corrected chi connectivity index (χ1v) is 29.3. The molecule has 0 N–H and O–H groups in total. The number of hydrogen-bond acceptors (Lipinski definition) is 6. The lowest BCUT2D eigenvalue weighted by Gasteiger charge is -2.46.